The molecule has 0 fully saturated rings. The zero-order valence-corrected chi connectivity index (χ0v) is 16.0. The summed E-state index contributed by atoms with van der Waals surface area (Å²) < 4.78 is 4.96. The van der Waals surface area contributed by atoms with Gasteiger partial charge in [0, 0.05) is 11.3 Å². The zero-order chi connectivity index (χ0) is 19.4. The van der Waals surface area contributed by atoms with Crippen LogP contribution in [-0.2, 0) is 22.4 Å². The molecule has 0 saturated carbocycles. The molecule has 1 aromatic carbocycles. The molecule has 1 unspecified atom stereocenters. The number of aryl methyl sites for hydroxylation is 1. The van der Waals surface area contributed by atoms with E-state index in [2.05, 4.69) is 15.3 Å². The van der Waals surface area contributed by atoms with E-state index in [4.69, 9.17) is 4.74 Å². The van der Waals surface area contributed by atoms with E-state index in [0.717, 1.165) is 30.5 Å². The van der Waals surface area contributed by atoms with Crippen molar-refractivity contribution in [2.45, 2.75) is 43.5 Å². The van der Waals surface area contributed by atoms with Crippen LogP contribution in [0.2, 0.25) is 0 Å². The summed E-state index contributed by atoms with van der Waals surface area (Å²) in [6.45, 7) is 3.76. The van der Waals surface area contributed by atoms with Crippen LogP contribution < -0.4 is 10.9 Å². The average molecular weight is 387 g/mol. The Balaban J connectivity index is 1.66. The van der Waals surface area contributed by atoms with Gasteiger partial charge in [-0.15, -0.1) is 0 Å². The SMILES string of the molecule is CCOC(=O)c1cccc(NC(=O)C(C)Sc2nc3c(c(=O)[nH]2)CCC3)c1. The van der Waals surface area contributed by atoms with Gasteiger partial charge in [0.1, 0.15) is 0 Å². The highest BCUT2D eigenvalue weighted by Gasteiger charge is 2.21. The molecule has 0 radical (unpaired) electrons. The lowest BCUT2D eigenvalue weighted by atomic mass is 10.2. The molecule has 0 spiro atoms. The Morgan fingerprint density at radius 2 is 2.19 bits per heavy atom. The van der Waals surface area contributed by atoms with Gasteiger partial charge in [-0.1, -0.05) is 17.8 Å². The molecule has 1 atom stereocenters. The number of rotatable bonds is 6. The minimum atomic E-state index is -0.473. The molecule has 27 heavy (non-hydrogen) atoms. The number of nitrogens with zero attached hydrogens (tertiary/aromatic N) is 1. The first-order valence-electron chi connectivity index (χ1n) is 8.84. The van der Waals surface area contributed by atoms with Gasteiger partial charge in [0.25, 0.3) is 5.56 Å². The van der Waals surface area contributed by atoms with Crippen LogP contribution in [0, 0.1) is 0 Å². The number of esters is 1. The highest BCUT2D eigenvalue weighted by molar-refractivity contribution is 8.00. The lowest BCUT2D eigenvalue weighted by Crippen LogP contribution is -2.24. The molecule has 1 aliphatic carbocycles. The van der Waals surface area contributed by atoms with E-state index in [1.807, 2.05) is 0 Å². The summed E-state index contributed by atoms with van der Waals surface area (Å²) in [5.74, 6) is -0.680. The van der Waals surface area contributed by atoms with Gasteiger partial charge in [-0.05, 0) is 51.3 Å². The summed E-state index contributed by atoms with van der Waals surface area (Å²) in [6.07, 6.45) is 2.50. The van der Waals surface area contributed by atoms with Crippen LogP contribution in [0.4, 0.5) is 5.69 Å². The molecule has 0 aliphatic heterocycles. The number of nitrogens with one attached hydrogen (secondary N) is 2. The van der Waals surface area contributed by atoms with Gasteiger partial charge in [-0.25, -0.2) is 9.78 Å². The number of anilines is 1. The van der Waals surface area contributed by atoms with Gasteiger partial charge >= 0.3 is 5.97 Å². The summed E-state index contributed by atoms with van der Waals surface area (Å²) in [5, 5.41) is 2.75. The first kappa shape index (κ1) is 19.2. The Labute approximate surface area is 160 Å². The van der Waals surface area contributed by atoms with E-state index in [0.29, 0.717) is 16.4 Å². The van der Waals surface area contributed by atoms with Gasteiger partial charge in [0.15, 0.2) is 5.16 Å². The number of hydrogen-bond acceptors (Lipinski definition) is 6. The fourth-order valence-electron chi connectivity index (χ4n) is 2.88. The number of fused-ring (bicyclic) bond motifs is 1. The van der Waals surface area contributed by atoms with Gasteiger partial charge in [-0.2, -0.15) is 0 Å². The number of thioether (sulfide) groups is 1. The summed E-state index contributed by atoms with van der Waals surface area (Å²) in [6, 6.07) is 6.58. The Kier molecular flexibility index (Phi) is 5.95. The van der Waals surface area contributed by atoms with Gasteiger partial charge in [0.2, 0.25) is 5.91 Å². The lowest BCUT2D eigenvalue weighted by Gasteiger charge is -2.12. The summed E-state index contributed by atoms with van der Waals surface area (Å²) in [5.41, 5.74) is 2.35. The number of H-pyrrole nitrogens is 1. The molecule has 0 saturated heterocycles. The number of aromatic amines is 1. The van der Waals surface area contributed by atoms with Crippen molar-refractivity contribution < 1.29 is 14.3 Å². The van der Waals surface area contributed by atoms with Crippen LogP contribution in [0.25, 0.3) is 0 Å². The van der Waals surface area contributed by atoms with Crippen LogP contribution in [0.1, 0.15) is 41.9 Å². The Morgan fingerprint density at radius 1 is 1.37 bits per heavy atom. The van der Waals surface area contributed by atoms with E-state index in [1.54, 1.807) is 38.1 Å². The van der Waals surface area contributed by atoms with Crippen molar-refractivity contribution in [3.8, 4) is 0 Å². The van der Waals surface area contributed by atoms with Crippen molar-refractivity contribution in [2.75, 3.05) is 11.9 Å². The van der Waals surface area contributed by atoms with Crippen molar-refractivity contribution in [3.05, 3.63) is 51.4 Å². The number of hydrogen-bond donors (Lipinski definition) is 2. The standard InChI is InChI=1S/C19H21N3O4S/c1-3-26-18(25)12-6-4-7-13(10-12)20-16(23)11(2)27-19-21-15-9-5-8-14(15)17(24)22-19/h4,6-7,10-11H,3,5,8-9H2,1-2H3,(H,20,23)(H,21,22,24). The van der Waals surface area contributed by atoms with Crippen molar-refractivity contribution in [1.29, 1.82) is 0 Å². The number of carbonyl (C=O) groups excluding carboxylic acids is 2. The van der Waals surface area contributed by atoms with E-state index in [-0.39, 0.29) is 18.1 Å². The molecule has 1 heterocycles. The zero-order valence-electron chi connectivity index (χ0n) is 15.2. The molecule has 1 aromatic heterocycles. The monoisotopic (exact) mass is 387 g/mol. The normalized spacial score (nSPS) is 13.7. The molecular formula is C19H21N3O4S. The third-order valence-corrected chi connectivity index (χ3v) is 5.20. The minimum Gasteiger partial charge on any atom is -0.462 e. The number of carbonyl (C=O) groups is 2. The van der Waals surface area contributed by atoms with Crippen LogP contribution in [-0.4, -0.2) is 33.7 Å². The number of amides is 1. The smallest absolute Gasteiger partial charge is 0.338 e. The summed E-state index contributed by atoms with van der Waals surface area (Å²) in [7, 11) is 0. The number of aromatic nitrogens is 2. The Hall–Kier alpha value is -2.61. The van der Waals surface area contributed by atoms with Crippen LogP contribution in [0.3, 0.4) is 0 Å². The number of ether oxygens (including phenoxy) is 1. The van der Waals surface area contributed by atoms with Crippen LogP contribution in [0.5, 0.6) is 0 Å². The van der Waals surface area contributed by atoms with Crippen molar-refractivity contribution in [1.82, 2.24) is 9.97 Å². The molecule has 7 nitrogen and oxygen atoms in total. The van der Waals surface area contributed by atoms with Crippen molar-refractivity contribution >= 4 is 29.3 Å². The summed E-state index contributed by atoms with van der Waals surface area (Å²) >= 11 is 1.20. The van der Waals surface area contributed by atoms with E-state index >= 15 is 0 Å². The fourth-order valence-corrected chi connectivity index (χ4v) is 3.69. The van der Waals surface area contributed by atoms with E-state index in [1.165, 1.54) is 11.8 Å². The van der Waals surface area contributed by atoms with Gasteiger partial charge < -0.3 is 15.0 Å². The largest absolute Gasteiger partial charge is 0.462 e. The van der Waals surface area contributed by atoms with Crippen molar-refractivity contribution in [3.63, 3.8) is 0 Å². The van der Waals surface area contributed by atoms with Crippen LogP contribution in [0.15, 0.2) is 34.2 Å². The number of benzene rings is 1. The van der Waals surface area contributed by atoms with E-state index < -0.39 is 11.2 Å². The maximum atomic E-state index is 12.5. The predicted octanol–water partition coefficient (Wildman–Crippen LogP) is 2.55. The third-order valence-electron chi connectivity index (χ3n) is 4.22. The Bertz CT molecular complexity index is 925. The molecule has 2 aromatic rings. The van der Waals surface area contributed by atoms with Crippen LogP contribution >= 0.6 is 11.8 Å². The first-order valence-corrected chi connectivity index (χ1v) is 9.72. The molecule has 1 amide bonds. The second-order valence-electron chi connectivity index (χ2n) is 6.20. The van der Waals surface area contributed by atoms with Crippen molar-refractivity contribution in [2.24, 2.45) is 0 Å². The van der Waals surface area contributed by atoms with Gasteiger partial charge in [-0.3, -0.25) is 9.59 Å². The fraction of sp³-hybridized carbons (Fsp3) is 0.368. The first-order chi connectivity index (χ1) is 13.0. The maximum absolute atomic E-state index is 12.5. The summed E-state index contributed by atoms with van der Waals surface area (Å²) in [4.78, 5) is 43.6. The highest BCUT2D eigenvalue weighted by Crippen LogP contribution is 2.23. The maximum Gasteiger partial charge on any atom is 0.338 e. The minimum absolute atomic E-state index is 0.116. The molecule has 8 heteroatoms. The molecule has 3 rings (SSSR count). The topological polar surface area (TPSA) is 101 Å². The third kappa shape index (κ3) is 4.57. The molecular weight excluding hydrogens is 366 g/mol. The second kappa shape index (κ2) is 8.39. The second-order valence-corrected chi connectivity index (χ2v) is 7.53. The average Bonchev–Trinajstić information content (AvgIpc) is 3.11. The lowest BCUT2D eigenvalue weighted by molar-refractivity contribution is -0.115. The highest BCUT2D eigenvalue weighted by atomic mass is 32.2. The van der Waals surface area contributed by atoms with Gasteiger partial charge in [0.05, 0.1) is 23.1 Å². The molecule has 0 bridgehead atoms. The predicted molar refractivity (Wildman–Crippen MR) is 103 cm³/mol. The molecule has 1 aliphatic rings. The Morgan fingerprint density at radius 3 is 2.96 bits per heavy atom. The quantitative estimate of drug-likeness (QED) is 0.449. The molecule has 142 valence electrons. The molecule has 2 N–H and O–H groups in total. The van der Waals surface area contributed by atoms with E-state index in [9.17, 15) is 14.4 Å².